The molecule has 1 aromatic carbocycles. The van der Waals surface area contributed by atoms with E-state index in [2.05, 4.69) is 10.2 Å². The number of halogens is 2. The summed E-state index contributed by atoms with van der Waals surface area (Å²) < 4.78 is 23.0. The summed E-state index contributed by atoms with van der Waals surface area (Å²) in [7, 11) is -2.86. The number of hydrogen-bond acceptors (Lipinski definition) is 5. The first-order valence-electron chi connectivity index (χ1n) is 8.48. The molecule has 0 spiro atoms. The van der Waals surface area contributed by atoms with Crippen molar-refractivity contribution < 1.29 is 13.2 Å². The highest BCUT2D eigenvalue weighted by Gasteiger charge is 2.28. The molecule has 1 aromatic rings. The van der Waals surface area contributed by atoms with E-state index in [1.54, 1.807) is 6.07 Å². The van der Waals surface area contributed by atoms with Crippen molar-refractivity contribution in [1.82, 2.24) is 10.2 Å². The molecule has 1 amide bonds. The van der Waals surface area contributed by atoms with Crippen molar-refractivity contribution in [1.29, 1.82) is 0 Å². The minimum Gasteiger partial charge on any atom is -0.350 e. The molecule has 0 bridgehead atoms. The Hall–Kier alpha value is -0.860. The third-order valence-electron chi connectivity index (χ3n) is 4.76. The lowest BCUT2D eigenvalue weighted by Gasteiger charge is -2.26. The van der Waals surface area contributed by atoms with Crippen LogP contribution < -0.4 is 11.1 Å². The van der Waals surface area contributed by atoms with E-state index in [4.69, 9.17) is 5.73 Å². The van der Waals surface area contributed by atoms with Crippen LogP contribution >= 0.6 is 24.8 Å². The summed E-state index contributed by atoms with van der Waals surface area (Å²) in [5, 5.41) is 2.90. The number of nitrogens with two attached hydrogens (primary N) is 1. The molecule has 1 saturated carbocycles. The van der Waals surface area contributed by atoms with E-state index in [-0.39, 0.29) is 48.3 Å². The normalized spacial score (nSPS) is 20.3. The van der Waals surface area contributed by atoms with Gasteiger partial charge in [0.15, 0.2) is 9.84 Å². The maximum atomic E-state index is 12.3. The van der Waals surface area contributed by atoms with Crippen LogP contribution in [0.4, 0.5) is 0 Å². The molecule has 1 aliphatic carbocycles. The van der Waals surface area contributed by atoms with E-state index in [1.807, 2.05) is 18.2 Å². The average molecular weight is 424 g/mol. The van der Waals surface area contributed by atoms with Crippen molar-refractivity contribution in [3.63, 3.8) is 0 Å². The summed E-state index contributed by atoms with van der Waals surface area (Å²) in [5.41, 5.74) is 7.66. The molecule has 1 saturated heterocycles. The molecule has 2 fully saturated rings. The summed E-state index contributed by atoms with van der Waals surface area (Å²) in [6, 6.07) is 7.55. The number of carbonyl (C=O) groups excluding carboxylic acids is 1. The van der Waals surface area contributed by atoms with Gasteiger partial charge in [-0.3, -0.25) is 9.69 Å². The molecular weight excluding hydrogens is 397 g/mol. The Morgan fingerprint density at radius 3 is 2.50 bits per heavy atom. The van der Waals surface area contributed by atoms with Gasteiger partial charge in [0, 0.05) is 37.8 Å². The Morgan fingerprint density at radius 1 is 1.23 bits per heavy atom. The van der Waals surface area contributed by atoms with E-state index < -0.39 is 9.84 Å². The number of carbonyl (C=O) groups is 1. The Bertz CT molecular complexity index is 697. The van der Waals surface area contributed by atoms with Crippen molar-refractivity contribution >= 4 is 40.6 Å². The summed E-state index contributed by atoms with van der Waals surface area (Å²) in [6.07, 6.45) is 2.33. The minimum atomic E-state index is -2.86. The second kappa shape index (κ2) is 9.90. The molecule has 1 heterocycles. The molecule has 6 nitrogen and oxygen atoms in total. The Balaban J connectivity index is 0.00000169. The van der Waals surface area contributed by atoms with Crippen LogP contribution in [0.5, 0.6) is 0 Å². The topological polar surface area (TPSA) is 92.5 Å². The lowest BCUT2D eigenvalue weighted by atomic mass is 10.1. The number of nitrogens with zero attached hydrogens (tertiary/aromatic N) is 1. The molecule has 1 atom stereocenters. The first kappa shape index (κ1) is 23.2. The lowest BCUT2D eigenvalue weighted by molar-refractivity contribution is 0.0950. The van der Waals surface area contributed by atoms with E-state index in [9.17, 15) is 13.2 Å². The highest BCUT2D eigenvalue weighted by Crippen LogP contribution is 2.31. The quantitative estimate of drug-likeness (QED) is 0.717. The van der Waals surface area contributed by atoms with Gasteiger partial charge in [0.2, 0.25) is 0 Å². The van der Waals surface area contributed by atoms with Crippen molar-refractivity contribution in [2.45, 2.75) is 25.4 Å². The van der Waals surface area contributed by atoms with Crippen molar-refractivity contribution in [2.75, 3.05) is 31.1 Å². The number of hydrogen-bond donors (Lipinski definition) is 2. The largest absolute Gasteiger partial charge is 0.350 e. The Labute approximate surface area is 167 Å². The van der Waals surface area contributed by atoms with Crippen LogP contribution in [-0.4, -0.2) is 56.4 Å². The maximum absolute atomic E-state index is 12.3. The van der Waals surface area contributed by atoms with Gasteiger partial charge < -0.3 is 11.1 Å². The van der Waals surface area contributed by atoms with Crippen LogP contribution in [0.1, 0.15) is 28.8 Å². The van der Waals surface area contributed by atoms with Gasteiger partial charge in [0.1, 0.15) is 0 Å². The highest BCUT2D eigenvalue weighted by atomic mass is 35.5. The fourth-order valence-electron chi connectivity index (χ4n) is 2.98. The zero-order chi connectivity index (χ0) is 17.2. The van der Waals surface area contributed by atoms with Crippen LogP contribution in [0.2, 0.25) is 0 Å². The SMILES string of the molecule is Cl.Cl.NC(CNC(=O)c1cccc(CN2CCS(=O)(=O)CC2)c1)C1CC1. The van der Waals surface area contributed by atoms with Gasteiger partial charge >= 0.3 is 0 Å². The second-order valence-corrected chi connectivity index (χ2v) is 9.14. The number of rotatable bonds is 6. The minimum absolute atomic E-state index is 0. The average Bonchev–Trinajstić information content (AvgIpc) is 3.39. The third-order valence-corrected chi connectivity index (χ3v) is 6.37. The van der Waals surface area contributed by atoms with Crippen LogP contribution in [0, 0.1) is 5.92 Å². The fourth-order valence-corrected chi connectivity index (χ4v) is 4.26. The maximum Gasteiger partial charge on any atom is 0.251 e. The van der Waals surface area contributed by atoms with Gasteiger partial charge in [-0.1, -0.05) is 12.1 Å². The monoisotopic (exact) mass is 423 g/mol. The summed E-state index contributed by atoms with van der Waals surface area (Å²) in [6.45, 7) is 2.28. The van der Waals surface area contributed by atoms with Gasteiger partial charge in [0.05, 0.1) is 11.5 Å². The smallest absolute Gasteiger partial charge is 0.251 e. The number of benzene rings is 1. The molecular formula is C17H27Cl2N3O3S. The molecule has 0 radical (unpaired) electrons. The van der Waals surface area contributed by atoms with E-state index >= 15 is 0 Å². The summed E-state index contributed by atoms with van der Waals surface area (Å²) in [5.74, 6) is 0.888. The zero-order valence-electron chi connectivity index (χ0n) is 14.6. The van der Waals surface area contributed by atoms with Gasteiger partial charge in [-0.15, -0.1) is 24.8 Å². The standard InChI is InChI=1S/C17H25N3O3S.2ClH/c18-16(14-4-5-14)11-19-17(21)15-3-1-2-13(10-15)12-20-6-8-24(22,23)9-7-20;;/h1-3,10,14,16H,4-9,11-12,18H2,(H,19,21);2*1H. The van der Waals surface area contributed by atoms with Gasteiger partial charge in [-0.2, -0.15) is 0 Å². The number of nitrogens with one attached hydrogen (secondary N) is 1. The summed E-state index contributed by atoms with van der Waals surface area (Å²) in [4.78, 5) is 14.4. The van der Waals surface area contributed by atoms with Crippen LogP contribution in [0.15, 0.2) is 24.3 Å². The number of amides is 1. The van der Waals surface area contributed by atoms with Gasteiger partial charge in [-0.25, -0.2) is 8.42 Å². The third kappa shape index (κ3) is 6.70. The van der Waals surface area contributed by atoms with Crippen LogP contribution in [-0.2, 0) is 16.4 Å². The highest BCUT2D eigenvalue weighted by molar-refractivity contribution is 7.91. The second-order valence-electron chi connectivity index (χ2n) is 6.84. The Morgan fingerprint density at radius 2 is 1.88 bits per heavy atom. The molecule has 3 N–H and O–H groups in total. The zero-order valence-corrected chi connectivity index (χ0v) is 17.0. The molecule has 3 rings (SSSR count). The fraction of sp³-hybridized carbons (Fsp3) is 0.588. The molecule has 0 aromatic heterocycles. The molecule has 148 valence electrons. The number of sulfone groups is 1. The van der Waals surface area contributed by atoms with Crippen molar-refractivity contribution in [2.24, 2.45) is 11.7 Å². The molecule has 9 heteroatoms. The lowest BCUT2D eigenvalue weighted by Crippen LogP contribution is -2.40. The molecule has 2 aliphatic rings. The van der Waals surface area contributed by atoms with Crippen molar-refractivity contribution in [3.05, 3.63) is 35.4 Å². The van der Waals surface area contributed by atoms with E-state index in [0.717, 1.165) is 18.4 Å². The molecule has 26 heavy (non-hydrogen) atoms. The molecule has 1 aliphatic heterocycles. The van der Waals surface area contributed by atoms with Crippen molar-refractivity contribution in [3.8, 4) is 0 Å². The molecule has 1 unspecified atom stereocenters. The first-order valence-corrected chi connectivity index (χ1v) is 10.3. The first-order chi connectivity index (χ1) is 11.4. The predicted octanol–water partition coefficient (Wildman–Crippen LogP) is 1.23. The van der Waals surface area contributed by atoms with E-state index in [1.165, 1.54) is 0 Å². The van der Waals surface area contributed by atoms with E-state index in [0.29, 0.717) is 37.7 Å². The van der Waals surface area contributed by atoms with Gasteiger partial charge in [0.25, 0.3) is 5.91 Å². The predicted molar refractivity (Wildman–Crippen MR) is 108 cm³/mol. The van der Waals surface area contributed by atoms with Crippen LogP contribution in [0.25, 0.3) is 0 Å². The Kier molecular flexibility index (Phi) is 8.82. The van der Waals surface area contributed by atoms with Gasteiger partial charge in [-0.05, 0) is 36.5 Å². The van der Waals surface area contributed by atoms with Crippen LogP contribution in [0.3, 0.4) is 0 Å². The summed E-state index contributed by atoms with van der Waals surface area (Å²) >= 11 is 0.